The molecule has 1 aliphatic rings. The van der Waals surface area contributed by atoms with E-state index in [1.165, 1.54) is 22.5 Å². The van der Waals surface area contributed by atoms with Crippen LogP contribution in [-0.4, -0.2) is 35.0 Å². The van der Waals surface area contributed by atoms with Crippen molar-refractivity contribution in [2.24, 2.45) is 0 Å². The molecular weight excluding hydrogens is 302 g/mol. The number of hydrogen-bond donors (Lipinski definition) is 1. The van der Waals surface area contributed by atoms with Crippen LogP contribution in [0.15, 0.2) is 24.3 Å². The van der Waals surface area contributed by atoms with Gasteiger partial charge in [-0.25, -0.2) is 0 Å². The molecule has 2 aromatic rings. The summed E-state index contributed by atoms with van der Waals surface area (Å²) in [6.45, 7) is 2.74. The number of carbonyl (C=O) groups is 1. The van der Waals surface area contributed by atoms with Crippen LogP contribution in [0, 0.1) is 6.92 Å². The second-order valence-electron chi connectivity index (χ2n) is 6.85. The zero-order chi connectivity index (χ0) is 17.3. The fraction of sp³-hybridized carbons (Fsp3) is 0.474. The Bertz CT molecular complexity index is 732. The normalized spacial score (nSPS) is 16.7. The van der Waals surface area contributed by atoms with Gasteiger partial charge in [0.15, 0.2) is 0 Å². The van der Waals surface area contributed by atoms with E-state index in [9.17, 15) is 4.79 Å². The van der Waals surface area contributed by atoms with Crippen LogP contribution in [0.25, 0.3) is 0 Å². The highest BCUT2D eigenvalue weighted by molar-refractivity contribution is 5.68. The molecule has 0 bridgehead atoms. The van der Waals surface area contributed by atoms with Crippen LogP contribution in [0.3, 0.4) is 0 Å². The number of aryl methyl sites for hydroxylation is 1. The number of rotatable bonds is 5. The number of aromatic nitrogens is 2. The Kier molecular flexibility index (Phi) is 4.60. The Labute approximate surface area is 142 Å². The monoisotopic (exact) mass is 327 g/mol. The van der Waals surface area contributed by atoms with E-state index in [1.807, 2.05) is 21.0 Å². The number of carboxylic acid groups (broad SMARTS) is 1. The molecule has 1 heterocycles. The number of hydrogen-bond acceptors (Lipinski definition) is 3. The van der Waals surface area contributed by atoms with Gasteiger partial charge in [0.2, 0.25) is 0 Å². The van der Waals surface area contributed by atoms with Crippen molar-refractivity contribution < 1.29 is 9.90 Å². The van der Waals surface area contributed by atoms with Gasteiger partial charge in [0.1, 0.15) is 0 Å². The minimum absolute atomic E-state index is 0.108. The van der Waals surface area contributed by atoms with Crippen LogP contribution in [0.2, 0.25) is 0 Å². The molecule has 1 aromatic heterocycles. The first-order chi connectivity index (χ1) is 11.5. The lowest BCUT2D eigenvalue weighted by atomic mass is 9.83. The molecule has 0 aliphatic heterocycles. The quantitative estimate of drug-likeness (QED) is 0.916. The Morgan fingerprint density at radius 3 is 2.67 bits per heavy atom. The van der Waals surface area contributed by atoms with Gasteiger partial charge < -0.3 is 10.0 Å². The maximum absolute atomic E-state index is 11.1. The van der Waals surface area contributed by atoms with Crippen molar-refractivity contribution in [3.8, 4) is 0 Å². The number of aliphatic carboxylic acids is 1. The minimum atomic E-state index is -0.723. The predicted molar refractivity (Wildman–Crippen MR) is 94.8 cm³/mol. The summed E-state index contributed by atoms with van der Waals surface area (Å²) in [6, 6.07) is 8.50. The van der Waals surface area contributed by atoms with Crippen molar-refractivity contribution >= 4 is 11.7 Å². The predicted octanol–water partition coefficient (Wildman–Crippen LogP) is 3.20. The van der Waals surface area contributed by atoms with Gasteiger partial charge in [-0.05, 0) is 55.4 Å². The van der Waals surface area contributed by atoms with Gasteiger partial charge >= 0.3 is 5.97 Å². The second-order valence-corrected chi connectivity index (χ2v) is 6.85. The molecule has 1 aliphatic carbocycles. The number of nitrogens with zero attached hydrogens (tertiary/aromatic N) is 3. The standard InChI is InChI=1S/C19H25N3O2/c1-13-19-15(11-18(23)24)5-4-6-17(19)22(20-13)12-14-7-9-16(10-8-14)21(2)3/h7-10,15H,4-6,11-12H2,1-3H3,(H,23,24). The van der Waals surface area contributed by atoms with Gasteiger partial charge in [-0.3, -0.25) is 9.48 Å². The number of anilines is 1. The van der Waals surface area contributed by atoms with Crippen molar-refractivity contribution in [3.05, 3.63) is 46.8 Å². The molecule has 5 heteroatoms. The first kappa shape index (κ1) is 16.6. The summed E-state index contributed by atoms with van der Waals surface area (Å²) in [6.07, 6.45) is 3.18. The SMILES string of the molecule is Cc1nn(Cc2ccc(N(C)C)cc2)c2c1C(CC(=O)O)CCC2. The molecule has 0 spiro atoms. The summed E-state index contributed by atoms with van der Waals surface area (Å²) in [7, 11) is 4.07. The zero-order valence-electron chi connectivity index (χ0n) is 14.6. The number of benzene rings is 1. The van der Waals surface area contributed by atoms with Crippen LogP contribution >= 0.6 is 0 Å². The molecule has 128 valence electrons. The van der Waals surface area contributed by atoms with Gasteiger partial charge in [0, 0.05) is 25.5 Å². The summed E-state index contributed by atoms with van der Waals surface area (Å²) >= 11 is 0. The van der Waals surface area contributed by atoms with E-state index in [0.717, 1.165) is 31.5 Å². The number of carboxylic acids is 1. The van der Waals surface area contributed by atoms with E-state index in [-0.39, 0.29) is 12.3 Å². The highest BCUT2D eigenvalue weighted by atomic mass is 16.4. The molecule has 1 aromatic carbocycles. The third kappa shape index (κ3) is 3.30. The molecule has 1 atom stereocenters. The third-order valence-corrected chi connectivity index (χ3v) is 4.86. The Balaban J connectivity index is 1.86. The average molecular weight is 327 g/mol. The molecule has 1 unspecified atom stereocenters. The van der Waals surface area contributed by atoms with E-state index in [1.54, 1.807) is 0 Å². The summed E-state index contributed by atoms with van der Waals surface area (Å²) in [5.41, 5.74) is 5.78. The molecule has 0 amide bonds. The van der Waals surface area contributed by atoms with Gasteiger partial charge in [-0.1, -0.05) is 12.1 Å². The summed E-state index contributed by atoms with van der Waals surface area (Å²) < 4.78 is 2.07. The molecule has 1 N–H and O–H groups in total. The third-order valence-electron chi connectivity index (χ3n) is 4.86. The topological polar surface area (TPSA) is 58.4 Å². The summed E-state index contributed by atoms with van der Waals surface area (Å²) in [5, 5.41) is 13.9. The van der Waals surface area contributed by atoms with E-state index in [4.69, 9.17) is 10.2 Å². The maximum atomic E-state index is 11.1. The minimum Gasteiger partial charge on any atom is -0.481 e. The first-order valence-corrected chi connectivity index (χ1v) is 8.50. The van der Waals surface area contributed by atoms with Gasteiger partial charge in [0.25, 0.3) is 0 Å². The van der Waals surface area contributed by atoms with E-state index < -0.39 is 5.97 Å². The molecule has 24 heavy (non-hydrogen) atoms. The molecule has 5 nitrogen and oxygen atoms in total. The lowest BCUT2D eigenvalue weighted by Crippen LogP contribution is -2.16. The molecular formula is C19H25N3O2. The van der Waals surface area contributed by atoms with Crippen LogP contribution < -0.4 is 4.90 Å². The molecule has 3 rings (SSSR count). The largest absolute Gasteiger partial charge is 0.481 e. The molecule has 0 fully saturated rings. The van der Waals surface area contributed by atoms with Crippen molar-refractivity contribution in [2.75, 3.05) is 19.0 Å². The van der Waals surface area contributed by atoms with Gasteiger partial charge in [-0.15, -0.1) is 0 Å². The summed E-state index contributed by atoms with van der Waals surface area (Å²) in [4.78, 5) is 13.2. The van der Waals surface area contributed by atoms with Crippen molar-refractivity contribution in [1.29, 1.82) is 0 Å². The Hall–Kier alpha value is -2.30. The Morgan fingerprint density at radius 2 is 2.04 bits per heavy atom. The lowest BCUT2D eigenvalue weighted by molar-refractivity contribution is -0.137. The Morgan fingerprint density at radius 1 is 1.33 bits per heavy atom. The smallest absolute Gasteiger partial charge is 0.303 e. The maximum Gasteiger partial charge on any atom is 0.303 e. The molecule has 0 saturated heterocycles. The highest BCUT2D eigenvalue weighted by Gasteiger charge is 2.28. The first-order valence-electron chi connectivity index (χ1n) is 8.50. The van der Waals surface area contributed by atoms with Crippen molar-refractivity contribution in [1.82, 2.24) is 9.78 Å². The van der Waals surface area contributed by atoms with Crippen LogP contribution in [0.5, 0.6) is 0 Å². The molecule has 0 saturated carbocycles. The fourth-order valence-corrected chi connectivity index (χ4v) is 3.72. The van der Waals surface area contributed by atoms with Crippen LogP contribution in [0.1, 0.15) is 47.7 Å². The zero-order valence-corrected chi connectivity index (χ0v) is 14.6. The average Bonchev–Trinajstić information content (AvgIpc) is 2.84. The van der Waals surface area contributed by atoms with E-state index in [0.29, 0.717) is 0 Å². The van der Waals surface area contributed by atoms with Crippen molar-refractivity contribution in [2.45, 2.75) is 45.1 Å². The van der Waals surface area contributed by atoms with E-state index >= 15 is 0 Å². The highest BCUT2D eigenvalue weighted by Crippen LogP contribution is 2.36. The van der Waals surface area contributed by atoms with Gasteiger partial charge in [0.05, 0.1) is 18.7 Å². The summed E-state index contributed by atoms with van der Waals surface area (Å²) in [5.74, 6) is -0.615. The number of fused-ring (bicyclic) bond motifs is 1. The molecule has 0 radical (unpaired) electrons. The van der Waals surface area contributed by atoms with E-state index in [2.05, 4.69) is 33.8 Å². The van der Waals surface area contributed by atoms with Crippen molar-refractivity contribution in [3.63, 3.8) is 0 Å². The van der Waals surface area contributed by atoms with Gasteiger partial charge in [-0.2, -0.15) is 5.10 Å². The lowest BCUT2D eigenvalue weighted by Gasteiger charge is -2.22. The van der Waals surface area contributed by atoms with Crippen LogP contribution in [0.4, 0.5) is 5.69 Å². The fourth-order valence-electron chi connectivity index (χ4n) is 3.72. The second kappa shape index (κ2) is 6.67. The van der Waals surface area contributed by atoms with Crippen LogP contribution in [-0.2, 0) is 17.8 Å².